The largest absolute Gasteiger partial charge is 0.465 e. The van der Waals surface area contributed by atoms with E-state index in [4.69, 9.17) is 33.2 Å². The van der Waals surface area contributed by atoms with E-state index in [1.54, 1.807) is 24.3 Å². The number of fused-ring (bicyclic) bond motifs is 3. The summed E-state index contributed by atoms with van der Waals surface area (Å²) in [6.07, 6.45) is -0.454. The van der Waals surface area contributed by atoms with Gasteiger partial charge in [0.25, 0.3) is 0 Å². The molecule has 12 unspecified atom stereocenters. The molecule has 1 aromatic rings. The monoisotopic (exact) mass is 734 g/mol. The van der Waals surface area contributed by atoms with Gasteiger partial charge in [-0.15, -0.1) is 0 Å². The van der Waals surface area contributed by atoms with E-state index >= 15 is 0 Å². The molecule has 3 heterocycles. The van der Waals surface area contributed by atoms with Gasteiger partial charge in [0, 0.05) is 42.0 Å². The average Bonchev–Trinajstić information content (AvgIpc) is 3.54. The van der Waals surface area contributed by atoms with Gasteiger partial charge < -0.3 is 33.2 Å². The van der Waals surface area contributed by atoms with Gasteiger partial charge in [-0.25, -0.2) is 4.79 Å². The minimum absolute atomic E-state index is 0.0939. The molecule has 2 aliphatic carbocycles. The number of rotatable bonds is 9. The molecule has 12 heteroatoms. The standard InChI is InChI=1S/C36H47BrO11/c1-7-19(2)31(40)46-26-16-29(47-32(41)23-8-10-25(37)11-9-23)36(18-44-36)35(17-43-21(4)38)28(45-22(5)39)14-20(3)34(6,30(26)35)27-15-24-12-13-42-33(24)48-27/h8-11,19-20,24,26-30,33H,7,12-18H2,1-6H3. The molecule has 3 saturated heterocycles. The molecule has 5 aliphatic rings. The second-order valence-electron chi connectivity index (χ2n) is 14.6. The lowest BCUT2D eigenvalue weighted by Crippen LogP contribution is -2.75. The van der Waals surface area contributed by atoms with E-state index < -0.39 is 64.5 Å². The van der Waals surface area contributed by atoms with Crippen LogP contribution in [0.1, 0.15) is 84.0 Å². The molecule has 6 rings (SSSR count). The molecule has 2 saturated carbocycles. The van der Waals surface area contributed by atoms with Gasteiger partial charge in [0.2, 0.25) is 0 Å². The van der Waals surface area contributed by atoms with Crippen LogP contribution in [0.25, 0.3) is 0 Å². The first-order valence-electron chi connectivity index (χ1n) is 17.1. The normalized spacial score (nSPS) is 40.3. The molecular weight excluding hydrogens is 688 g/mol. The number of esters is 4. The summed E-state index contributed by atoms with van der Waals surface area (Å²) in [6.45, 7) is 11.3. The minimum atomic E-state index is -1.27. The zero-order chi connectivity index (χ0) is 34.6. The average molecular weight is 736 g/mol. The van der Waals surface area contributed by atoms with E-state index in [0.29, 0.717) is 25.0 Å². The maximum Gasteiger partial charge on any atom is 0.338 e. The van der Waals surface area contributed by atoms with Crippen molar-refractivity contribution < 1.29 is 52.3 Å². The first kappa shape index (κ1) is 35.3. The summed E-state index contributed by atoms with van der Waals surface area (Å²) in [5, 5.41) is 0. The van der Waals surface area contributed by atoms with Crippen molar-refractivity contribution in [3.63, 3.8) is 0 Å². The third-order valence-electron chi connectivity index (χ3n) is 12.1. The number of ether oxygens (including phenoxy) is 7. The first-order valence-corrected chi connectivity index (χ1v) is 17.9. The SMILES string of the molecule is CCC(C)C(=O)OC1CC(OC(=O)c2ccc(Br)cc2)C2(CO2)C2(COC(C)=O)C(OC(C)=O)CC(C)C(C)(C3CC4CCOC4O3)C12. The molecule has 0 radical (unpaired) electrons. The van der Waals surface area contributed by atoms with Gasteiger partial charge >= 0.3 is 23.9 Å². The molecule has 1 aromatic carbocycles. The lowest BCUT2D eigenvalue weighted by molar-refractivity contribution is -0.293. The van der Waals surface area contributed by atoms with Crippen LogP contribution in [0.5, 0.6) is 0 Å². The topological polar surface area (TPSA) is 136 Å². The van der Waals surface area contributed by atoms with Gasteiger partial charge in [-0.05, 0) is 55.9 Å². The van der Waals surface area contributed by atoms with Crippen LogP contribution in [0, 0.1) is 34.5 Å². The fourth-order valence-corrected chi connectivity index (χ4v) is 9.50. The fraction of sp³-hybridized carbons (Fsp3) is 0.722. The number of carbonyl (C=O) groups excluding carboxylic acids is 4. The zero-order valence-electron chi connectivity index (χ0n) is 28.5. The summed E-state index contributed by atoms with van der Waals surface area (Å²) >= 11 is 3.41. The highest BCUT2D eigenvalue weighted by Crippen LogP contribution is 2.71. The highest BCUT2D eigenvalue weighted by molar-refractivity contribution is 9.10. The van der Waals surface area contributed by atoms with Crippen molar-refractivity contribution in [1.82, 2.24) is 0 Å². The van der Waals surface area contributed by atoms with Crippen LogP contribution >= 0.6 is 15.9 Å². The molecule has 3 aliphatic heterocycles. The third kappa shape index (κ3) is 5.88. The fourth-order valence-electron chi connectivity index (χ4n) is 9.24. The molecule has 5 fully saturated rings. The summed E-state index contributed by atoms with van der Waals surface area (Å²) in [5.41, 5.74) is -2.83. The number of hydrogen-bond donors (Lipinski definition) is 0. The van der Waals surface area contributed by atoms with Gasteiger partial charge in [0.15, 0.2) is 6.29 Å². The van der Waals surface area contributed by atoms with Crippen LogP contribution < -0.4 is 0 Å². The van der Waals surface area contributed by atoms with Crippen LogP contribution in [0.15, 0.2) is 28.7 Å². The smallest absolute Gasteiger partial charge is 0.338 e. The lowest BCUT2D eigenvalue weighted by Gasteiger charge is -2.66. The molecule has 48 heavy (non-hydrogen) atoms. The van der Waals surface area contributed by atoms with Crippen molar-refractivity contribution >= 4 is 39.8 Å². The van der Waals surface area contributed by atoms with Crippen molar-refractivity contribution in [3.8, 4) is 0 Å². The maximum atomic E-state index is 13.7. The Morgan fingerprint density at radius 1 is 1.00 bits per heavy atom. The highest BCUT2D eigenvalue weighted by Gasteiger charge is 2.82. The van der Waals surface area contributed by atoms with E-state index in [-0.39, 0.29) is 49.8 Å². The number of hydrogen-bond acceptors (Lipinski definition) is 11. The summed E-state index contributed by atoms with van der Waals surface area (Å²) in [5.74, 6) is -2.83. The Morgan fingerprint density at radius 2 is 1.71 bits per heavy atom. The molecule has 1 spiro atoms. The predicted molar refractivity (Wildman–Crippen MR) is 173 cm³/mol. The minimum Gasteiger partial charge on any atom is -0.465 e. The number of epoxide rings is 1. The molecule has 11 nitrogen and oxygen atoms in total. The molecule has 12 atom stereocenters. The van der Waals surface area contributed by atoms with E-state index in [9.17, 15) is 19.2 Å². The van der Waals surface area contributed by atoms with Crippen LogP contribution in [-0.2, 0) is 47.5 Å². The Hall–Kier alpha value is -2.54. The van der Waals surface area contributed by atoms with Crippen molar-refractivity contribution in [2.24, 2.45) is 34.5 Å². The quantitative estimate of drug-likeness (QED) is 0.183. The first-order chi connectivity index (χ1) is 22.8. The van der Waals surface area contributed by atoms with Crippen LogP contribution in [0.4, 0.5) is 0 Å². The summed E-state index contributed by atoms with van der Waals surface area (Å²) in [6, 6.07) is 6.82. The lowest BCUT2D eigenvalue weighted by atomic mass is 9.41. The Bertz CT molecular complexity index is 1400. The Labute approximate surface area is 290 Å². The van der Waals surface area contributed by atoms with Crippen LogP contribution in [0.3, 0.4) is 0 Å². The predicted octanol–water partition coefficient (Wildman–Crippen LogP) is 5.40. The molecular formula is C36H47BrO11. The summed E-state index contributed by atoms with van der Waals surface area (Å²) < 4.78 is 44.8. The molecule has 264 valence electrons. The van der Waals surface area contributed by atoms with Gasteiger partial charge in [0.05, 0.1) is 36.2 Å². The molecule has 0 amide bonds. The number of carbonyl (C=O) groups is 4. The van der Waals surface area contributed by atoms with Crippen LogP contribution in [0.2, 0.25) is 0 Å². The summed E-state index contributed by atoms with van der Waals surface area (Å²) in [7, 11) is 0. The second-order valence-corrected chi connectivity index (χ2v) is 15.6. The third-order valence-corrected chi connectivity index (χ3v) is 12.6. The Morgan fingerprint density at radius 3 is 2.31 bits per heavy atom. The number of halogens is 1. The Kier molecular flexibility index (Phi) is 9.78. The van der Waals surface area contributed by atoms with Crippen molar-refractivity contribution in [2.45, 2.75) is 110 Å². The molecule has 0 bridgehead atoms. The van der Waals surface area contributed by atoms with E-state index in [2.05, 4.69) is 29.8 Å². The Balaban J connectivity index is 1.52. The van der Waals surface area contributed by atoms with Gasteiger partial charge in [-0.1, -0.05) is 43.6 Å². The van der Waals surface area contributed by atoms with E-state index in [0.717, 1.165) is 17.3 Å². The second kappa shape index (κ2) is 13.3. The maximum absolute atomic E-state index is 13.7. The van der Waals surface area contributed by atoms with E-state index in [1.807, 2.05) is 13.8 Å². The summed E-state index contributed by atoms with van der Waals surface area (Å²) in [4.78, 5) is 52.8. The number of benzene rings is 1. The van der Waals surface area contributed by atoms with Crippen molar-refractivity contribution in [1.29, 1.82) is 0 Å². The van der Waals surface area contributed by atoms with E-state index in [1.165, 1.54) is 13.8 Å². The molecule has 0 aromatic heterocycles. The molecule has 0 N–H and O–H groups in total. The highest BCUT2D eigenvalue weighted by atomic mass is 79.9. The van der Waals surface area contributed by atoms with Crippen LogP contribution in [-0.4, -0.2) is 80.0 Å². The van der Waals surface area contributed by atoms with Gasteiger partial charge in [0.1, 0.15) is 30.5 Å². The van der Waals surface area contributed by atoms with Gasteiger partial charge in [-0.2, -0.15) is 0 Å². The van der Waals surface area contributed by atoms with Crippen molar-refractivity contribution in [2.75, 3.05) is 19.8 Å². The zero-order valence-corrected chi connectivity index (χ0v) is 30.1. The van der Waals surface area contributed by atoms with Crippen molar-refractivity contribution in [3.05, 3.63) is 34.3 Å². The van der Waals surface area contributed by atoms with Gasteiger partial charge in [-0.3, -0.25) is 14.4 Å².